The van der Waals surface area contributed by atoms with Crippen LogP contribution < -0.4 is 10.9 Å². The molecule has 2 amide bonds. The van der Waals surface area contributed by atoms with E-state index in [9.17, 15) is 18.8 Å². The number of anilines is 1. The number of hydrogen-bond acceptors (Lipinski definition) is 4. The average Bonchev–Trinajstić information content (AvgIpc) is 3.13. The lowest BCUT2D eigenvalue weighted by Gasteiger charge is -2.09. The Kier molecular flexibility index (Phi) is 8.79. The maximum absolute atomic E-state index is 14.5. The molecule has 0 aromatic carbocycles. The minimum atomic E-state index is -0.392. The van der Waals surface area contributed by atoms with Gasteiger partial charge in [-0.15, -0.1) is 0 Å². The molecule has 191 valence electrons. The van der Waals surface area contributed by atoms with E-state index in [-0.39, 0.29) is 35.4 Å². The van der Waals surface area contributed by atoms with Crippen molar-refractivity contribution in [3.8, 4) is 0 Å². The van der Waals surface area contributed by atoms with Crippen LogP contribution in [0, 0.1) is 25.1 Å². The number of halogens is 1. The lowest BCUT2D eigenvalue weighted by atomic mass is 10.0. The highest BCUT2D eigenvalue weighted by Crippen LogP contribution is 2.26. The highest BCUT2D eigenvalue weighted by atomic mass is 19.1. The molecule has 0 spiro atoms. The van der Waals surface area contributed by atoms with Crippen LogP contribution >= 0.6 is 0 Å². The van der Waals surface area contributed by atoms with Gasteiger partial charge in [0.05, 0.1) is 30.2 Å². The lowest BCUT2D eigenvalue weighted by Crippen LogP contribution is -2.26. The van der Waals surface area contributed by atoms with Gasteiger partial charge in [-0.25, -0.2) is 4.39 Å². The van der Waals surface area contributed by atoms with Crippen molar-refractivity contribution < 1.29 is 14.0 Å². The molecule has 0 unspecified atom stereocenters. The molecule has 0 saturated carbocycles. The first kappa shape index (κ1) is 26.8. The van der Waals surface area contributed by atoms with E-state index >= 15 is 0 Å². The fourth-order valence-electron chi connectivity index (χ4n) is 3.85. The van der Waals surface area contributed by atoms with Gasteiger partial charge in [-0.2, -0.15) is 0 Å². The molecular formula is C27H33FN5O3. The van der Waals surface area contributed by atoms with Gasteiger partial charge in [0.25, 0.3) is 5.56 Å². The first-order valence-corrected chi connectivity index (χ1v) is 11.9. The van der Waals surface area contributed by atoms with Crippen LogP contribution in [0.3, 0.4) is 0 Å². The highest BCUT2D eigenvalue weighted by molar-refractivity contribution is 5.96. The maximum Gasteiger partial charge on any atom is 0.274 e. The quantitative estimate of drug-likeness (QED) is 0.329. The molecule has 0 bridgehead atoms. The molecule has 0 aliphatic carbocycles. The van der Waals surface area contributed by atoms with E-state index in [2.05, 4.69) is 15.3 Å². The molecule has 3 aromatic rings. The van der Waals surface area contributed by atoms with Crippen LogP contribution in [0.1, 0.15) is 43.5 Å². The second-order valence-corrected chi connectivity index (χ2v) is 9.40. The van der Waals surface area contributed by atoms with Crippen molar-refractivity contribution in [2.24, 2.45) is 5.92 Å². The molecule has 8 nitrogen and oxygen atoms in total. The van der Waals surface area contributed by atoms with Gasteiger partial charge >= 0.3 is 0 Å². The molecule has 9 heteroatoms. The molecule has 0 aliphatic heterocycles. The Labute approximate surface area is 210 Å². The fraction of sp³-hybridized carbons (Fsp3) is 0.370. The van der Waals surface area contributed by atoms with Gasteiger partial charge in [0.15, 0.2) is 0 Å². The van der Waals surface area contributed by atoms with Crippen LogP contribution in [0.5, 0.6) is 0 Å². The third-order valence-electron chi connectivity index (χ3n) is 5.80. The van der Waals surface area contributed by atoms with Crippen LogP contribution in [-0.4, -0.2) is 45.3 Å². The van der Waals surface area contributed by atoms with Gasteiger partial charge in [0, 0.05) is 31.5 Å². The smallest absolute Gasteiger partial charge is 0.274 e. The van der Waals surface area contributed by atoms with Crippen molar-refractivity contribution in [1.82, 2.24) is 19.4 Å². The Balaban J connectivity index is 1.71. The second-order valence-electron chi connectivity index (χ2n) is 9.40. The standard InChI is InChI=1S/C27H33FN5O3/c1-17(2)14-19-20(28)15-29-25-18(3)22(31-26(19)25)16-33-13-9-10-21(27(33)36)30-23(34)11-7-6-8-12-24(35)32(4)5/h8-13,15,17,31H,6-7,14,16H2,1-5H3,(H,30,34)/b12-8+. The molecule has 0 fully saturated rings. The number of nitrogens with one attached hydrogen (secondary N) is 2. The summed E-state index contributed by atoms with van der Waals surface area (Å²) in [5, 5.41) is 2.63. The third-order valence-corrected chi connectivity index (χ3v) is 5.80. The SMILES string of the molecule is Cc1c(Cn2cccc(NC(=O)[CH]CC/C=C/C(=O)N(C)C)c2=O)[nH]c2c(CC(C)C)c(F)cnc12. The molecule has 0 atom stereocenters. The van der Waals surface area contributed by atoms with Crippen molar-refractivity contribution in [1.29, 1.82) is 0 Å². The summed E-state index contributed by atoms with van der Waals surface area (Å²) in [5.41, 5.74) is 3.36. The van der Waals surface area contributed by atoms with E-state index in [1.807, 2.05) is 20.8 Å². The molecule has 36 heavy (non-hydrogen) atoms. The van der Waals surface area contributed by atoms with Crippen molar-refractivity contribution in [2.75, 3.05) is 19.4 Å². The summed E-state index contributed by atoms with van der Waals surface area (Å²) in [6.07, 6.45) is 9.03. The molecule has 3 heterocycles. The highest BCUT2D eigenvalue weighted by Gasteiger charge is 2.17. The van der Waals surface area contributed by atoms with Crippen LogP contribution in [0.15, 0.2) is 41.5 Å². The minimum Gasteiger partial charge on any atom is -0.355 e. The number of H-pyrrole nitrogens is 1. The maximum atomic E-state index is 14.5. The Hall–Kier alpha value is -3.75. The van der Waals surface area contributed by atoms with Crippen LogP contribution in [-0.2, 0) is 22.6 Å². The number of fused-ring (bicyclic) bond motifs is 1. The van der Waals surface area contributed by atoms with E-state index in [0.29, 0.717) is 35.9 Å². The zero-order valence-corrected chi connectivity index (χ0v) is 21.4. The molecule has 0 saturated heterocycles. The van der Waals surface area contributed by atoms with E-state index < -0.39 is 5.91 Å². The Bertz CT molecular complexity index is 1340. The number of carbonyl (C=O) groups excluding carboxylic acids is 2. The number of aromatic amines is 1. The number of pyridine rings is 2. The lowest BCUT2D eigenvalue weighted by molar-refractivity contribution is -0.123. The zero-order valence-electron chi connectivity index (χ0n) is 21.4. The summed E-state index contributed by atoms with van der Waals surface area (Å²) in [4.78, 5) is 45.8. The average molecular weight is 495 g/mol. The Morgan fingerprint density at radius 1 is 1.28 bits per heavy atom. The Morgan fingerprint density at radius 3 is 2.72 bits per heavy atom. The number of likely N-dealkylation sites (N-methyl/N-ethyl adjacent to an activating group) is 1. The second kappa shape index (κ2) is 11.8. The summed E-state index contributed by atoms with van der Waals surface area (Å²) in [7, 11) is 3.33. The number of aromatic nitrogens is 3. The first-order chi connectivity index (χ1) is 17.1. The summed E-state index contributed by atoms with van der Waals surface area (Å²) < 4.78 is 16.0. The van der Waals surface area contributed by atoms with Gasteiger partial charge in [-0.3, -0.25) is 19.4 Å². The van der Waals surface area contributed by atoms with Gasteiger partial charge in [-0.05, 0) is 55.9 Å². The van der Waals surface area contributed by atoms with E-state index in [1.54, 1.807) is 38.5 Å². The first-order valence-electron chi connectivity index (χ1n) is 11.9. The van der Waals surface area contributed by atoms with Gasteiger partial charge in [0.1, 0.15) is 11.5 Å². The number of amides is 2. The van der Waals surface area contributed by atoms with Crippen LogP contribution in [0.2, 0.25) is 0 Å². The summed E-state index contributed by atoms with van der Waals surface area (Å²) in [6, 6.07) is 3.24. The fourth-order valence-corrected chi connectivity index (χ4v) is 3.85. The number of nitrogens with zero attached hydrogens (tertiary/aromatic N) is 3. The Morgan fingerprint density at radius 2 is 2.03 bits per heavy atom. The number of aryl methyl sites for hydroxylation is 1. The van der Waals surface area contributed by atoms with E-state index in [1.165, 1.54) is 28.2 Å². The summed E-state index contributed by atoms with van der Waals surface area (Å²) >= 11 is 0. The monoisotopic (exact) mass is 494 g/mol. The van der Waals surface area contributed by atoms with E-state index in [0.717, 1.165) is 11.3 Å². The van der Waals surface area contributed by atoms with Crippen molar-refractivity contribution in [3.05, 3.63) is 76.1 Å². The molecular weight excluding hydrogens is 461 g/mol. The zero-order chi connectivity index (χ0) is 26.4. The van der Waals surface area contributed by atoms with E-state index in [4.69, 9.17) is 0 Å². The molecule has 1 radical (unpaired) electrons. The van der Waals surface area contributed by atoms with Crippen LogP contribution in [0.4, 0.5) is 10.1 Å². The summed E-state index contributed by atoms with van der Waals surface area (Å²) in [6.45, 7) is 6.18. The molecule has 0 aliphatic rings. The molecule has 2 N–H and O–H groups in total. The number of rotatable bonds is 10. The topological polar surface area (TPSA) is 100 Å². The summed E-state index contributed by atoms with van der Waals surface area (Å²) in [5.74, 6) is -0.584. The van der Waals surface area contributed by atoms with Crippen LogP contribution in [0.25, 0.3) is 11.0 Å². The van der Waals surface area contributed by atoms with Gasteiger partial charge < -0.3 is 19.8 Å². The van der Waals surface area contributed by atoms with Crippen molar-refractivity contribution in [3.63, 3.8) is 0 Å². The van der Waals surface area contributed by atoms with Crippen molar-refractivity contribution in [2.45, 2.75) is 46.6 Å². The van der Waals surface area contributed by atoms with Crippen molar-refractivity contribution >= 4 is 28.5 Å². The van der Waals surface area contributed by atoms with Gasteiger partial charge in [0.2, 0.25) is 11.8 Å². The molecule has 3 aromatic heterocycles. The predicted octanol–water partition coefficient (Wildman–Crippen LogP) is 3.99. The van der Waals surface area contributed by atoms with Gasteiger partial charge in [-0.1, -0.05) is 19.9 Å². The number of carbonyl (C=O) groups is 2. The number of hydrogen-bond donors (Lipinski definition) is 2. The predicted molar refractivity (Wildman–Crippen MR) is 139 cm³/mol. The normalized spacial score (nSPS) is 11.5. The minimum absolute atomic E-state index is 0.119. The third kappa shape index (κ3) is 6.47. The number of allylic oxidation sites excluding steroid dienone is 1. The number of unbranched alkanes of at least 4 members (excludes halogenated alkanes) is 1. The largest absolute Gasteiger partial charge is 0.355 e. The molecule has 3 rings (SSSR count).